The van der Waals surface area contributed by atoms with Gasteiger partial charge >= 0.3 is 0 Å². The Hall–Kier alpha value is -1.72. The maximum atomic E-state index is 13.6. The van der Waals surface area contributed by atoms with Crippen LogP contribution in [0.3, 0.4) is 0 Å². The molecule has 0 amide bonds. The first kappa shape index (κ1) is 16.6. The Balaban J connectivity index is 2.26. The summed E-state index contributed by atoms with van der Waals surface area (Å²) in [4.78, 5) is 0. The van der Waals surface area contributed by atoms with Crippen molar-refractivity contribution in [2.24, 2.45) is 7.05 Å². The van der Waals surface area contributed by atoms with E-state index in [1.807, 2.05) is 33.2 Å². The van der Waals surface area contributed by atoms with E-state index in [9.17, 15) is 9.50 Å². The van der Waals surface area contributed by atoms with E-state index in [1.54, 1.807) is 16.9 Å². The molecule has 1 aromatic carbocycles. The average Bonchev–Trinajstić information content (AvgIpc) is 2.93. The van der Waals surface area contributed by atoms with Crippen molar-refractivity contribution in [1.29, 1.82) is 0 Å². The minimum Gasteiger partial charge on any atom is -0.389 e. The highest BCUT2D eigenvalue weighted by Gasteiger charge is 2.25. The summed E-state index contributed by atoms with van der Waals surface area (Å²) in [7, 11) is 1.85. The van der Waals surface area contributed by atoms with E-state index in [2.05, 4.69) is 10.4 Å². The van der Waals surface area contributed by atoms with Crippen LogP contribution in [0.5, 0.6) is 0 Å². The van der Waals surface area contributed by atoms with Gasteiger partial charge in [0.15, 0.2) is 0 Å². The molecule has 0 bridgehead atoms. The predicted octanol–water partition coefficient (Wildman–Crippen LogP) is 2.79. The molecule has 0 radical (unpaired) electrons. The fourth-order valence-corrected chi connectivity index (χ4v) is 2.50. The van der Waals surface area contributed by atoms with Gasteiger partial charge in [0.05, 0.1) is 17.8 Å². The Kier molecular flexibility index (Phi) is 5.32. The standard InChI is InChI=1S/C17H24FN3O/c1-4-17(22,5-2)12-19-16(14-10-20-21(3)11-14)13-7-6-8-15(18)9-13/h6-11,16,19,22H,4-5,12H2,1-3H3. The van der Waals surface area contributed by atoms with Crippen molar-refractivity contribution in [3.05, 3.63) is 53.6 Å². The Bertz CT molecular complexity index is 607. The highest BCUT2D eigenvalue weighted by Crippen LogP contribution is 2.24. The maximum Gasteiger partial charge on any atom is 0.123 e. The Morgan fingerprint density at radius 3 is 2.59 bits per heavy atom. The largest absolute Gasteiger partial charge is 0.389 e. The molecule has 5 heteroatoms. The second kappa shape index (κ2) is 7.03. The summed E-state index contributed by atoms with van der Waals surface area (Å²) in [6.07, 6.45) is 5.00. The lowest BCUT2D eigenvalue weighted by atomic mass is 9.95. The lowest BCUT2D eigenvalue weighted by molar-refractivity contribution is 0.0309. The van der Waals surface area contributed by atoms with Crippen LogP contribution in [0.4, 0.5) is 4.39 Å². The van der Waals surface area contributed by atoms with Gasteiger partial charge in [0, 0.05) is 25.4 Å². The van der Waals surface area contributed by atoms with Crippen molar-refractivity contribution in [1.82, 2.24) is 15.1 Å². The second-order valence-corrected chi connectivity index (χ2v) is 5.75. The Labute approximate surface area is 131 Å². The van der Waals surface area contributed by atoms with Crippen molar-refractivity contribution >= 4 is 0 Å². The van der Waals surface area contributed by atoms with Gasteiger partial charge in [0.1, 0.15) is 5.82 Å². The molecule has 0 aliphatic carbocycles. The van der Waals surface area contributed by atoms with E-state index in [0.717, 1.165) is 11.1 Å². The second-order valence-electron chi connectivity index (χ2n) is 5.75. The third kappa shape index (κ3) is 3.93. The highest BCUT2D eigenvalue weighted by atomic mass is 19.1. The highest BCUT2D eigenvalue weighted by molar-refractivity contribution is 5.29. The summed E-state index contributed by atoms with van der Waals surface area (Å²) in [5, 5.41) is 18.0. The first-order valence-corrected chi connectivity index (χ1v) is 7.67. The molecule has 1 heterocycles. The van der Waals surface area contributed by atoms with Gasteiger partial charge in [-0.05, 0) is 30.5 Å². The minimum atomic E-state index is -0.756. The molecule has 1 unspecified atom stereocenters. The van der Waals surface area contributed by atoms with Crippen molar-refractivity contribution in [3.63, 3.8) is 0 Å². The van der Waals surface area contributed by atoms with Crippen molar-refractivity contribution in [3.8, 4) is 0 Å². The third-order valence-corrected chi connectivity index (χ3v) is 4.19. The number of rotatable bonds is 7. The zero-order valence-corrected chi connectivity index (χ0v) is 13.4. The molecule has 4 nitrogen and oxygen atoms in total. The van der Waals surface area contributed by atoms with E-state index in [-0.39, 0.29) is 11.9 Å². The van der Waals surface area contributed by atoms with Gasteiger partial charge in [-0.3, -0.25) is 4.68 Å². The van der Waals surface area contributed by atoms with Crippen LogP contribution in [-0.2, 0) is 7.05 Å². The molecule has 1 aromatic heterocycles. The first-order valence-electron chi connectivity index (χ1n) is 7.67. The van der Waals surface area contributed by atoms with Crippen LogP contribution in [0, 0.1) is 5.82 Å². The van der Waals surface area contributed by atoms with Gasteiger partial charge in [-0.15, -0.1) is 0 Å². The van der Waals surface area contributed by atoms with E-state index in [1.165, 1.54) is 12.1 Å². The van der Waals surface area contributed by atoms with Gasteiger partial charge < -0.3 is 10.4 Å². The summed E-state index contributed by atoms with van der Waals surface area (Å²) < 4.78 is 15.3. The van der Waals surface area contributed by atoms with E-state index in [4.69, 9.17) is 0 Å². The molecule has 0 aliphatic heterocycles. The number of hydrogen-bond donors (Lipinski definition) is 2. The lowest BCUT2D eigenvalue weighted by Gasteiger charge is -2.28. The van der Waals surface area contributed by atoms with Crippen LogP contribution in [-0.4, -0.2) is 27.0 Å². The molecule has 2 N–H and O–H groups in total. The van der Waals surface area contributed by atoms with Crippen LogP contribution in [0.25, 0.3) is 0 Å². The number of aryl methyl sites for hydroxylation is 1. The number of nitrogens with zero attached hydrogens (tertiary/aromatic N) is 2. The zero-order valence-electron chi connectivity index (χ0n) is 13.4. The van der Waals surface area contributed by atoms with Crippen LogP contribution < -0.4 is 5.32 Å². The molecule has 0 aliphatic rings. The van der Waals surface area contributed by atoms with E-state index >= 15 is 0 Å². The number of nitrogens with one attached hydrogen (secondary N) is 1. The van der Waals surface area contributed by atoms with Crippen molar-refractivity contribution in [2.75, 3.05) is 6.54 Å². The number of aliphatic hydroxyl groups is 1. The maximum absolute atomic E-state index is 13.6. The zero-order chi connectivity index (χ0) is 16.2. The molecule has 0 spiro atoms. The molecule has 2 aromatic rings. The molecule has 0 fully saturated rings. The summed E-state index contributed by atoms with van der Waals surface area (Å²) in [6.45, 7) is 4.37. The van der Waals surface area contributed by atoms with Gasteiger partial charge in [0.2, 0.25) is 0 Å². The molecule has 0 saturated heterocycles. The first-order chi connectivity index (χ1) is 10.5. The van der Waals surface area contributed by atoms with E-state index in [0.29, 0.717) is 19.4 Å². The average molecular weight is 305 g/mol. The van der Waals surface area contributed by atoms with Gasteiger partial charge in [0.25, 0.3) is 0 Å². The normalized spacial score (nSPS) is 13.3. The van der Waals surface area contributed by atoms with Crippen LogP contribution in [0.1, 0.15) is 43.9 Å². The van der Waals surface area contributed by atoms with Crippen LogP contribution >= 0.6 is 0 Å². The van der Waals surface area contributed by atoms with Gasteiger partial charge in [-0.1, -0.05) is 26.0 Å². The molecule has 22 heavy (non-hydrogen) atoms. The van der Waals surface area contributed by atoms with Crippen molar-refractivity contribution in [2.45, 2.75) is 38.3 Å². The van der Waals surface area contributed by atoms with Crippen LogP contribution in [0.2, 0.25) is 0 Å². The van der Waals surface area contributed by atoms with Crippen molar-refractivity contribution < 1.29 is 9.50 Å². The van der Waals surface area contributed by atoms with E-state index < -0.39 is 5.60 Å². The number of halogens is 1. The fraction of sp³-hybridized carbons (Fsp3) is 0.471. The number of hydrogen-bond acceptors (Lipinski definition) is 3. The summed E-state index contributed by atoms with van der Waals surface area (Å²) >= 11 is 0. The Morgan fingerprint density at radius 2 is 2.05 bits per heavy atom. The summed E-state index contributed by atoms with van der Waals surface area (Å²) in [5.41, 5.74) is 1.01. The lowest BCUT2D eigenvalue weighted by Crippen LogP contribution is -2.41. The number of benzene rings is 1. The van der Waals surface area contributed by atoms with Gasteiger partial charge in [-0.25, -0.2) is 4.39 Å². The number of aromatic nitrogens is 2. The fourth-order valence-electron chi connectivity index (χ4n) is 2.50. The van der Waals surface area contributed by atoms with Gasteiger partial charge in [-0.2, -0.15) is 5.10 Å². The molecule has 2 rings (SSSR count). The smallest absolute Gasteiger partial charge is 0.123 e. The minimum absolute atomic E-state index is 0.200. The Morgan fingerprint density at radius 1 is 1.32 bits per heavy atom. The summed E-state index contributed by atoms with van der Waals surface area (Å²) in [5.74, 6) is -0.269. The molecular formula is C17H24FN3O. The molecule has 0 saturated carbocycles. The predicted molar refractivity (Wildman–Crippen MR) is 85.0 cm³/mol. The molecule has 120 valence electrons. The monoisotopic (exact) mass is 305 g/mol. The van der Waals surface area contributed by atoms with Crippen LogP contribution in [0.15, 0.2) is 36.7 Å². The third-order valence-electron chi connectivity index (χ3n) is 4.19. The molecule has 1 atom stereocenters. The topological polar surface area (TPSA) is 50.1 Å². The molecular weight excluding hydrogens is 281 g/mol. The SMILES string of the molecule is CCC(O)(CC)CNC(c1cccc(F)c1)c1cnn(C)c1. The quantitative estimate of drug-likeness (QED) is 0.827. The summed E-state index contributed by atoms with van der Waals surface area (Å²) in [6, 6.07) is 6.32.